The number of carbonyl (C=O) groups is 1. The van der Waals surface area contributed by atoms with Crippen molar-refractivity contribution in [1.82, 2.24) is 9.62 Å². The fraction of sp³-hybridized carbons (Fsp3) is 0.929. The summed E-state index contributed by atoms with van der Waals surface area (Å²) < 4.78 is 25.5. The zero-order chi connectivity index (χ0) is 15.2. The fourth-order valence-electron chi connectivity index (χ4n) is 2.77. The Morgan fingerprint density at radius 2 is 1.75 bits per heavy atom. The van der Waals surface area contributed by atoms with Gasteiger partial charge in [0.15, 0.2) is 0 Å². The van der Waals surface area contributed by atoms with Crippen molar-refractivity contribution in [2.24, 2.45) is 0 Å². The van der Waals surface area contributed by atoms with Gasteiger partial charge >= 0.3 is 0 Å². The summed E-state index contributed by atoms with van der Waals surface area (Å²) in [6.45, 7) is 4.09. The predicted octanol–water partition coefficient (Wildman–Crippen LogP) is 1.89. The van der Waals surface area contributed by atoms with Gasteiger partial charge in [0.05, 0.1) is 6.26 Å². The molecule has 0 aromatic heterocycles. The lowest BCUT2D eigenvalue weighted by Crippen LogP contribution is -2.42. The van der Waals surface area contributed by atoms with Crippen LogP contribution < -0.4 is 5.32 Å². The van der Waals surface area contributed by atoms with Gasteiger partial charge in [0.25, 0.3) is 0 Å². The fourth-order valence-corrected chi connectivity index (χ4v) is 3.95. The summed E-state index contributed by atoms with van der Waals surface area (Å²) in [5, 5.41) is 2.80. The normalized spacial score (nSPS) is 18.2. The second-order valence-corrected chi connectivity index (χ2v) is 7.93. The van der Waals surface area contributed by atoms with E-state index >= 15 is 0 Å². The molecule has 0 unspecified atom stereocenters. The van der Waals surface area contributed by atoms with Crippen LogP contribution in [0.15, 0.2) is 0 Å². The standard InChI is InChI=1S/C14H28N2O3S/c1-12(2)15-14(17)10-11-16(20(3,18)19)13-8-6-4-5-7-9-13/h12-13H,4-11H2,1-3H3,(H,15,17). The van der Waals surface area contributed by atoms with E-state index < -0.39 is 10.0 Å². The number of sulfonamides is 1. The lowest BCUT2D eigenvalue weighted by molar-refractivity contribution is -0.121. The molecular formula is C14H28N2O3S. The van der Waals surface area contributed by atoms with Crippen LogP contribution in [-0.2, 0) is 14.8 Å². The third kappa shape index (κ3) is 6.22. The number of carbonyl (C=O) groups excluding carboxylic acids is 1. The van der Waals surface area contributed by atoms with Crippen LogP contribution in [0.3, 0.4) is 0 Å². The van der Waals surface area contributed by atoms with E-state index in [4.69, 9.17) is 0 Å². The Morgan fingerprint density at radius 1 is 1.20 bits per heavy atom. The van der Waals surface area contributed by atoms with Crippen LogP contribution in [0, 0.1) is 0 Å². The molecule has 0 atom stereocenters. The highest BCUT2D eigenvalue weighted by Gasteiger charge is 2.27. The molecule has 5 nitrogen and oxygen atoms in total. The van der Waals surface area contributed by atoms with Crippen molar-refractivity contribution in [3.63, 3.8) is 0 Å². The van der Waals surface area contributed by atoms with Gasteiger partial charge in [-0.05, 0) is 26.7 Å². The number of amides is 1. The van der Waals surface area contributed by atoms with Crippen molar-refractivity contribution < 1.29 is 13.2 Å². The van der Waals surface area contributed by atoms with Crippen molar-refractivity contribution in [3.05, 3.63) is 0 Å². The van der Waals surface area contributed by atoms with Gasteiger partial charge < -0.3 is 5.32 Å². The maximum atomic E-state index is 12.0. The van der Waals surface area contributed by atoms with Gasteiger partial charge in [0.1, 0.15) is 0 Å². The number of nitrogens with zero attached hydrogens (tertiary/aromatic N) is 1. The van der Waals surface area contributed by atoms with E-state index in [-0.39, 0.29) is 24.4 Å². The Bertz CT molecular complexity index is 399. The summed E-state index contributed by atoms with van der Waals surface area (Å²) in [7, 11) is -3.25. The Hall–Kier alpha value is -0.620. The summed E-state index contributed by atoms with van der Waals surface area (Å²) in [6, 6.07) is 0.159. The summed E-state index contributed by atoms with van der Waals surface area (Å²) in [4.78, 5) is 11.7. The van der Waals surface area contributed by atoms with E-state index in [0.717, 1.165) is 25.7 Å². The van der Waals surface area contributed by atoms with Crippen LogP contribution in [0.1, 0.15) is 58.8 Å². The maximum Gasteiger partial charge on any atom is 0.221 e. The Morgan fingerprint density at radius 3 is 2.20 bits per heavy atom. The van der Waals surface area contributed by atoms with Crippen LogP contribution in [0.4, 0.5) is 0 Å². The minimum absolute atomic E-state index is 0.0688. The minimum atomic E-state index is -3.25. The van der Waals surface area contributed by atoms with E-state index in [9.17, 15) is 13.2 Å². The van der Waals surface area contributed by atoms with Gasteiger partial charge in [-0.15, -0.1) is 0 Å². The Kier molecular flexibility index (Phi) is 6.95. The molecule has 1 amide bonds. The van der Waals surface area contributed by atoms with E-state index in [1.807, 2.05) is 13.8 Å². The Balaban J connectivity index is 2.63. The first-order chi connectivity index (χ1) is 9.30. The molecule has 0 radical (unpaired) electrons. The van der Waals surface area contributed by atoms with Crippen LogP contribution >= 0.6 is 0 Å². The second kappa shape index (κ2) is 7.98. The molecular weight excluding hydrogens is 276 g/mol. The zero-order valence-electron chi connectivity index (χ0n) is 12.9. The first-order valence-corrected chi connectivity index (χ1v) is 9.41. The average Bonchev–Trinajstić information content (AvgIpc) is 2.55. The molecule has 0 heterocycles. The molecule has 0 saturated heterocycles. The SMILES string of the molecule is CC(C)NC(=O)CCN(C1CCCCCC1)S(C)(=O)=O. The molecule has 0 aliphatic heterocycles. The second-order valence-electron chi connectivity index (χ2n) is 5.99. The topological polar surface area (TPSA) is 66.5 Å². The highest BCUT2D eigenvalue weighted by atomic mass is 32.2. The molecule has 1 aliphatic carbocycles. The Labute approximate surface area is 123 Å². The van der Waals surface area contributed by atoms with Gasteiger partial charge in [0, 0.05) is 25.0 Å². The lowest BCUT2D eigenvalue weighted by Gasteiger charge is -2.28. The number of rotatable bonds is 6. The molecule has 0 aromatic carbocycles. The van der Waals surface area contributed by atoms with Crippen molar-refractivity contribution in [3.8, 4) is 0 Å². The smallest absolute Gasteiger partial charge is 0.221 e. The van der Waals surface area contributed by atoms with Gasteiger partial charge in [-0.1, -0.05) is 25.7 Å². The first-order valence-electron chi connectivity index (χ1n) is 7.57. The van der Waals surface area contributed by atoms with Crippen LogP contribution in [-0.4, -0.2) is 43.5 Å². The monoisotopic (exact) mass is 304 g/mol. The molecule has 1 saturated carbocycles. The molecule has 20 heavy (non-hydrogen) atoms. The minimum Gasteiger partial charge on any atom is -0.354 e. The molecule has 0 spiro atoms. The highest BCUT2D eigenvalue weighted by Crippen LogP contribution is 2.23. The van der Waals surface area contributed by atoms with Gasteiger partial charge in [-0.2, -0.15) is 4.31 Å². The van der Waals surface area contributed by atoms with E-state index in [0.29, 0.717) is 6.54 Å². The molecule has 6 heteroatoms. The molecule has 118 valence electrons. The van der Waals surface area contributed by atoms with Crippen molar-refractivity contribution in [2.75, 3.05) is 12.8 Å². The number of hydrogen-bond donors (Lipinski definition) is 1. The van der Waals surface area contributed by atoms with Gasteiger partial charge in [-0.25, -0.2) is 8.42 Å². The molecule has 1 rings (SSSR count). The average molecular weight is 304 g/mol. The van der Waals surface area contributed by atoms with E-state index in [1.54, 1.807) is 0 Å². The van der Waals surface area contributed by atoms with Crippen LogP contribution in [0.2, 0.25) is 0 Å². The number of hydrogen-bond acceptors (Lipinski definition) is 3. The zero-order valence-corrected chi connectivity index (χ0v) is 13.7. The number of nitrogens with one attached hydrogen (secondary N) is 1. The van der Waals surface area contributed by atoms with Crippen molar-refractivity contribution >= 4 is 15.9 Å². The third-order valence-electron chi connectivity index (χ3n) is 3.67. The highest BCUT2D eigenvalue weighted by molar-refractivity contribution is 7.88. The molecule has 0 aromatic rings. The maximum absolute atomic E-state index is 12.0. The molecule has 1 N–H and O–H groups in total. The quantitative estimate of drug-likeness (QED) is 0.762. The van der Waals surface area contributed by atoms with Crippen LogP contribution in [0.5, 0.6) is 0 Å². The van der Waals surface area contributed by atoms with Gasteiger partial charge in [0.2, 0.25) is 15.9 Å². The van der Waals surface area contributed by atoms with Crippen molar-refractivity contribution in [2.45, 2.75) is 70.9 Å². The predicted molar refractivity (Wildman–Crippen MR) is 80.9 cm³/mol. The molecule has 1 aliphatic rings. The van der Waals surface area contributed by atoms with Crippen molar-refractivity contribution in [1.29, 1.82) is 0 Å². The first kappa shape index (κ1) is 17.4. The van der Waals surface area contributed by atoms with Gasteiger partial charge in [-0.3, -0.25) is 4.79 Å². The van der Waals surface area contributed by atoms with E-state index in [2.05, 4.69) is 5.32 Å². The van der Waals surface area contributed by atoms with Crippen LogP contribution in [0.25, 0.3) is 0 Å². The summed E-state index contributed by atoms with van der Waals surface area (Å²) in [5.74, 6) is -0.0812. The molecule has 1 fully saturated rings. The summed E-state index contributed by atoms with van der Waals surface area (Å²) in [5.41, 5.74) is 0. The lowest BCUT2D eigenvalue weighted by atomic mass is 10.1. The largest absolute Gasteiger partial charge is 0.354 e. The molecule has 0 bridgehead atoms. The third-order valence-corrected chi connectivity index (χ3v) is 5.00. The van der Waals surface area contributed by atoms with E-state index in [1.165, 1.54) is 23.4 Å². The summed E-state index contributed by atoms with van der Waals surface area (Å²) in [6.07, 6.45) is 7.84. The summed E-state index contributed by atoms with van der Waals surface area (Å²) >= 11 is 0.